The average Bonchev–Trinajstić information content (AvgIpc) is 1.97. The van der Waals surface area contributed by atoms with Crippen LogP contribution in [0.1, 0.15) is 26.7 Å². The third-order valence-corrected chi connectivity index (χ3v) is 1.19. The zero-order valence-electron chi connectivity index (χ0n) is 6.88. The Morgan fingerprint density at radius 2 is 1.30 bits per heavy atom. The van der Waals surface area contributed by atoms with E-state index in [2.05, 4.69) is 9.98 Å². The summed E-state index contributed by atoms with van der Waals surface area (Å²) in [4.78, 5) is 8.19. The van der Waals surface area contributed by atoms with Gasteiger partial charge in [0.15, 0.2) is 0 Å². The second-order valence-corrected chi connectivity index (χ2v) is 2.04. The van der Waals surface area contributed by atoms with Crippen LogP contribution in [0.15, 0.2) is 9.98 Å². The molecule has 0 rings (SSSR count). The number of hydrogen-bond acceptors (Lipinski definition) is 2. The monoisotopic (exact) mass is 140 g/mol. The van der Waals surface area contributed by atoms with E-state index in [9.17, 15) is 0 Å². The van der Waals surface area contributed by atoms with E-state index in [1.807, 2.05) is 26.3 Å². The molecule has 0 aromatic heterocycles. The van der Waals surface area contributed by atoms with E-state index in [0.29, 0.717) is 0 Å². The number of nitrogens with zero attached hydrogens (tertiary/aromatic N) is 2. The molecule has 0 aromatic carbocycles. The lowest BCUT2D eigenvalue weighted by atomic mass is 10.3. The first kappa shape index (κ1) is 9.34. The van der Waals surface area contributed by atoms with Crippen LogP contribution in [-0.2, 0) is 0 Å². The smallest absolute Gasteiger partial charge is 0.0385 e. The van der Waals surface area contributed by atoms with Gasteiger partial charge in [-0.05, 0) is 39.1 Å². The molecule has 0 heterocycles. The summed E-state index contributed by atoms with van der Waals surface area (Å²) in [5.74, 6) is 0. The van der Waals surface area contributed by atoms with Gasteiger partial charge in [0.05, 0.1) is 0 Å². The van der Waals surface area contributed by atoms with E-state index < -0.39 is 0 Å². The van der Waals surface area contributed by atoms with Gasteiger partial charge in [0, 0.05) is 13.1 Å². The van der Waals surface area contributed by atoms with Crippen molar-refractivity contribution >= 4 is 12.4 Å². The quantitative estimate of drug-likeness (QED) is 0.412. The minimum Gasteiger partial charge on any atom is -0.298 e. The Balaban J connectivity index is 2.90. The number of aliphatic imine (C=N–C) groups is 2. The van der Waals surface area contributed by atoms with Gasteiger partial charge in [-0.1, -0.05) is 0 Å². The highest BCUT2D eigenvalue weighted by atomic mass is 14.7. The Morgan fingerprint density at radius 3 is 1.60 bits per heavy atom. The molecule has 58 valence electrons. The summed E-state index contributed by atoms with van der Waals surface area (Å²) >= 11 is 0. The zero-order valence-corrected chi connectivity index (χ0v) is 6.88. The van der Waals surface area contributed by atoms with Crippen molar-refractivity contribution in [1.29, 1.82) is 0 Å². The van der Waals surface area contributed by atoms with E-state index in [-0.39, 0.29) is 0 Å². The van der Waals surface area contributed by atoms with Crippen molar-refractivity contribution in [3.63, 3.8) is 0 Å². The Hall–Kier alpha value is -0.660. The van der Waals surface area contributed by atoms with E-state index in [1.165, 1.54) is 0 Å². The maximum atomic E-state index is 4.09. The predicted octanol–water partition coefficient (Wildman–Crippen LogP) is 1.95. The maximum absolute atomic E-state index is 4.09. The number of hydrogen-bond donors (Lipinski definition) is 0. The molecule has 0 spiro atoms. The van der Waals surface area contributed by atoms with E-state index in [4.69, 9.17) is 0 Å². The van der Waals surface area contributed by atoms with Gasteiger partial charge >= 0.3 is 0 Å². The van der Waals surface area contributed by atoms with Crippen LogP contribution in [0.5, 0.6) is 0 Å². The molecule has 0 bridgehead atoms. The molecule has 0 aliphatic heterocycles. The maximum Gasteiger partial charge on any atom is 0.0385 e. The highest BCUT2D eigenvalue weighted by Gasteiger charge is 1.81. The number of unbranched alkanes of at least 4 members (excludes halogenated alkanes) is 1. The molecule has 0 saturated carbocycles. The van der Waals surface area contributed by atoms with Gasteiger partial charge in [-0.3, -0.25) is 9.98 Å². The average molecular weight is 140 g/mol. The van der Waals surface area contributed by atoms with Crippen LogP contribution in [0.4, 0.5) is 0 Å². The van der Waals surface area contributed by atoms with Gasteiger partial charge in [-0.15, -0.1) is 0 Å². The van der Waals surface area contributed by atoms with Crippen LogP contribution in [0.2, 0.25) is 0 Å². The molecule has 0 saturated heterocycles. The van der Waals surface area contributed by atoms with E-state index >= 15 is 0 Å². The van der Waals surface area contributed by atoms with Gasteiger partial charge in [0.1, 0.15) is 0 Å². The first-order chi connectivity index (χ1) is 4.91. The van der Waals surface area contributed by atoms with Crippen molar-refractivity contribution in [2.75, 3.05) is 13.1 Å². The second kappa shape index (κ2) is 8.34. The fourth-order valence-corrected chi connectivity index (χ4v) is 0.664. The molecular formula is C8H16N2. The fourth-order valence-electron chi connectivity index (χ4n) is 0.664. The molecule has 0 unspecified atom stereocenters. The Kier molecular flexibility index (Phi) is 7.79. The first-order valence-corrected chi connectivity index (χ1v) is 3.80. The minimum atomic E-state index is 0.954. The first-order valence-electron chi connectivity index (χ1n) is 3.80. The Labute approximate surface area is 63.1 Å². The molecule has 0 radical (unpaired) electrons. The molecular weight excluding hydrogens is 124 g/mol. The summed E-state index contributed by atoms with van der Waals surface area (Å²) in [7, 11) is 0. The summed E-state index contributed by atoms with van der Waals surface area (Å²) < 4.78 is 0. The highest BCUT2D eigenvalue weighted by Crippen LogP contribution is 1.88. The summed E-state index contributed by atoms with van der Waals surface area (Å²) in [6, 6.07) is 0. The summed E-state index contributed by atoms with van der Waals surface area (Å²) in [5, 5.41) is 0. The molecule has 0 atom stereocenters. The number of rotatable bonds is 5. The van der Waals surface area contributed by atoms with Gasteiger partial charge in [-0.2, -0.15) is 0 Å². The molecule has 0 aliphatic rings. The Morgan fingerprint density at radius 1 is 0.900 bits per heavy atom. The minimum absolute atomic E-state index is 0.954. The third-order valence-electron chi connectivity index (χ3n) is 1.19. The normalized spacial score (nSPS) is 11.8. The van der Waals surface area contributed by atoms with Gasteiger partial charge in [0.2, 0.25) is 0 Å². The van der Waals surface area contributed by atoms with Crippen LogP contribution >= 0.6 is 0 Å². The zero-order chi connectivity index (χ0) is 7.66. The lowest BCUT2D eigenvalue weighted by Crippen LogP contribution is -1.85. The SMILES string of the molecule is C/C=N/CCCC/N=C/C. The van der Waals surface area contributed by atoms with Crippen molar-refractivity contribution in [3.05, 3.63) is 0 Å². The molecule has 0 aliphatic carbocycles. The van der Waals surface area contributed by atoms with Gasteiger partial charge in [0.25, 0.3) is 0 Å². The van der Waals surface area contributed by atoms with Crippen LogP contribution < -0.4 is 0 Å². The molecule has 10 heavy (non-hydrogen) atoms. The largest absolute Gasteiger partial charge is 0.298 e. The van der Waals surface area contributed by atoms with Crippen molar-refractivity contribution in [1.82, 2.24) is 0 Å². The summed E-state index contributed by atoms with van der Waals surface area (Å²) in [5.41, 5.74) is 0. The third kappa shape index (κ3) is 7.34. The van der Waals surface area contributed by atoms with Crippen LogP contribution in [0.25, 0.3) is 0 Å². The van der Waals surface area contributed by atoms with Crippen LogP contribution in [-0.4, -0.2) is 25.5 Å². The molecule has 0 fully saturated rings. The lowest BCUT2D eigenvalue weighted by Gasteiger charge is -1.91. The molecule has 0 N–H and O–H groups in total. The molecule has 0 aromatic rings. The second-order valence-electron chi connectivity index (χ2n) is 2.04. The van der Waals surface area contributed by atoms with E-state index in [1.54, 1.807) is 0 Å². The van der Waals surface area contributed by atoms with Crippen molar-refractivity contribution in [2.45, 2.75) is 26.7 Å². The predicted molar refractivity (Wildman–Crippen MR) is 47.3 cm³/mol. The van der Waals surface area contributed by atoms with Crippen molar-refractivity contribution in [2.24, 2.45) is 9.98 Å². The summed E-state index contributed by atoms with van der Waals surface area (Å²) in [6.07, 6.45) is 6.01. The van der Waals surface area contributed by atoms with Crippen LogP contribution in [0, 0.1) is 0 Å². The fraction of sp³-hybridized carbons (Fsp3) is 0.750. The Bertz CT molecular complexity index is 91.8. The van der Waals surface area contributed by atoms with Crippen LogP contribution in [0.3, 0.4) is 0 Å². The van der Waals surface area contributed by atoms with E-state index in [0.717, 1.165) is 25.9 Å². The molecule has 0 amide bonds. The molecule has 2 nitrogen and oxygen atoms in total. The van der Waals surface area contributed by atoms with Gasteiger partial charge < -0.3 is 0 Å². The van der Waals surface area contributed by atoms with Crippen molar-refractivity contribution in [3.8, 4) is 0 Å². The topological polar surface area (TPSA) is 24.7 Å². The standard InChI is InChI=1S/C8H16N2/c1-3-9-7-5-6-8-10-4-2/h3-4H,5-8H2,1-2H3/b9-3+,10-4+. The molecule has 2 heteroatoms. The van der Waals surface area contributed by atoms with Gasteiger partial charge in [-0.25, -0.2) is 0 Å². The highest BCUT2D eigenvalue weighted by molar-refractivity contribution is 5.53. The lowest BCUT2D eigenvalue weighted by molar-refractivity contribution is 0.759. The van der Waals surface area contributed by atoms with Crippen molar-refractivity contribution < 1.29 is 0 Å². The summed E-state index contributed by atoms with van der Waals surface area (Å²) in [6.45, 7) is 5.81.